The fourth-order valence-electron chi connectivity index (χ4n) is 8.36. The van der Waals surface area contributed by atoms with Crippen LogP contribution in [0.2, 0.25) is 0 Å². The van der Waals surface area contributed by atoms with Gasteiger partial charge in [0.15, 0.2) is 0 Å². The standard InChI is InChI=1S/C50H103NO2/c1-4-7-10-13-16-19-22-25-26-27-28-31-34-37-40-43-46-51(47-49(52)44-41-38-35-32-29-23-20-17-14-11-8-5-2)48-50(53)45-42-39-36-33-30-24-21-18-15-12-9-6-3/h49-50,52-53H,4-48H2,1-3H3. The van der Waals surface area contributed by atoms with Crippen molar-refractivity contribution in [2.75, 3.05) is 19.6 Å². The molecule has 2 atom stereocenters. The molecular formula is C50H103NO2. The molecule has 3 nitrogen and oxygen atoms in total. The van der Waals surface area contributed by atoms with Gasteiger partial charge in [0.2, 0.25) is 0 Å². The highest BCUT2D eigenvalue weighted by Crippen LogP contribution is 2.17. The largest absolute Gasteiger partial charge is 0.392 e. The van der Waals surface area contributed by atoms with E-state index in [4.69, 9.17) is 0 Å². The number of rotatable bonds is 47. The van der Waals surface area contributed by atoms with Crippen molar-refractivity contribution in [2.45, 2.75) is 303 Å². The third-order valence-electron chi connectivity index (χ3n) is 12.0. The smallest absolute Gasteiger partial charge is 0.0667 e. The maximum absolute atomic E-state index is 11.0. The summed E-state index contributed by atoms with van der Waals surface area (Å²) in [5.74, 6) is 0. The first-order chi connectivity index (χ1) is 26.1. The first-order valence-corrected chi connectivity index (χ1v) is 25.2. The Morgan fingerprint density at radius 2 is 0.453 bits per heavy atom. The van der Waals surface area contributed by atoms with Crippen LogP contribution in [0.5, 0.6) is 0 Å². The summed E-state index contributed by atoms with van der Waals surface area (Å²) in [6.45, 7) is 9.41. The van der Waals surface area contributed by atoms with Crippen molar-refractivity contribution in [3.05, 3.63) is 0 Å². The van der Waals surface area contributed by atoms with Crippen LogP contribution in [0.25, 0.3) is 0 Å². The van der Waals surface area contributed by atoms with Gasteiger partial charge in [-0.15, -0.1) is 0 Å². The Morgan fingerprint density at radius 1 is 0.264 bits per heavy atom. The van der Waals surface area contributed by atoms with Crippen LogP contribution in [0.15, 0.2) is 0 Å². The van der Waals surface area contributed by atoms with E-state index in [9.17, 15) is 10.2 Å². The molecule has 0 aromatic carbocycles. The normalized spacial score (nSPS) is 13.0. The topological polar surface area (TPSA) is 43.7 Å². The third-order valence-corrected chi connectivity index (χ3v) is 12.0. The zero-order valence-corrected chi connectivity index (χ0v) is 37.3. The minimum Gasteiger partial charge on any atom is -0.392 e. The third kappa shape index (κ3) is 44.5. The van der Waals surface area contributed by atoms with Crippen LogP contribution in [0.1, 0.15) is 290 Å². The molecule has 0 saturated carbocycles. The average Bonchev–Trinajstić information content (AvgIpc) is 3.15. The zero-order valence-electron chi connectivity index (χ0n) is 37.3. The fraction of sp³-hybridized carbons (Fsp3) is 1.00. The van der Waals surface area contributed by atoms with Crippen LogP contribution >= 0.6 is 0 Å². The molecule has 2 N–H and O–H groups in total. The van der Waals surface area contributed by atoms with Gasteiger partial charge in [0.25, 0.3) is 0 Å². The van der Waals surface area contributed by atoms with Gasteiger partial charge in [0.1, 0.15) is 0 Å². The van der Waals surface area contributed by atoms with Gasteiger partial charge in [-0.1, -0.05) is 271 Å². The maximum Gasteiger partial charge on any atom is 0.0667 e. The highest BCUT2D eigenvalue weighted by Gasteiger charge is 2.16. The molecule has 320 valence electrons. The number of hydrogen-bond donors (Lipinski definition) is 2. The van der Waals surface area contributed by atoms with E-state index in [0.717, 1.165) is 45.3 Å². The lowest BCUT2D eigenvalue weighted by molar-refractivity contribution is 0.0596. The molecule has 0 spiro atoms. The summed E-state index contributed by atoms with van der Waals surface area (Å²) in [4.78, 5) is 2.42. The second-order valence-corrected chi connectivity index (χ2v) is 17.7. The van der Waals surface area contributed by atoms with Gasteiger partial charge in [-0.2, -0.15) is 0 Å². The van der Waals surface area contributed by atoms with Crippen molar-refractivity contribution in [1.82, 2.24) is 4.90 Å². The molecule has 53 heavy (non-hydrogen) atoms. The highest BCUT2D eigenvalue weighted by molar-refractivity contribution is 4.70. The molecule has 0 rings (SSSR count). The van der Waals surface area contributed by atoms with Gasteiger partial charge < -0.3 is 10.2 Å². The molecule has 0 aliphatic carbocycles. The van der Waals surface area contributed by atoms with Gasteiger partial charge in [0.05, 0.1) is 12.2 Å². The van der Waals surface area contributed by atoms with Gasteiger partial charge in [-0.05, 0) is 25.8 Å². The van der Waals surface area contributed by atoms with Crippen molar-refractivity contribution in [3.63, 3.8) is 0 Å². The molecule has 0 aromatic rings. The van der Waals surface area contributed by atoms with Crippen LogP contribution in [-0.2, 0) is 0 Å². The van der Waals surface area contributed by atoms with Crippen molar-refractivity contribution < 1.29 is 10.2 Å². The lowest BCUT2D eigenvalue weighted by atomic mass is 10.0. The molecule has 3 heteroatoms. The molecular weight excluding hydrogens is 647 g/mol. The minimum atomic E-state index is -0.252. The fourth-order valence-corrected chi connectivity index (χ4v) is 8.36. The second kappa shape index (κ2) is 46.3. The predicted octanol–water partition coefficient (Wildman–Crippen LogP) is 16.5. The quantitative estimate of drug-likeness (QED) is 0.0609. The number of nitrogens with zero attached hydrogens (tertiary/aromatic N) is 1. The van der Waals surface area contributed by atoms with Crippen molar-refractivity contribution in [1.29, 1.82) is 0 Å². The molecule has 0 aromatic heterocycles. The van der Waals surface area contributed by atoms with Gasteiger partial charge >= 0.3 is 0 Å². The summed E-state index contributed by atoms with van der Waals surface area (Å²) in [6, 6.07) is 0. The Labute approximate surface area is 336 Å². The summed E-state index contributed by atoms with van der Waals surface area (Å²) in [5.41, 5.74) is 0. The molecule has 0 aliphatic rings. The van der Waals surface area contributed by atoms with E-state index in [2.05, 4.69) is 25.7 Å². The first kappa shape index (κ1) is 52.9. The van der Waals surface area contributed by atoms with Gasteiger partial charge in [0, 0.05) is 13.1 Å². The Balaban J connectivity index is 4.18. The van der Waals surface area contributed by atoms with Crippen molar-refractivity contribution >= 4 is 0 Å². The number of hydrogen-bond acceptors (Lipinski definition) is 3. The number of aliphatic hydroxyl groups is 2. The molecule has 0 radical (unpaired) electrons. The Kier molecular flexibility index (Phi) is 46.2. The van der Waals surface area contributed by atoms with Crippen LogP contribution in [0.3, 0.4) is 0 Å². The Bertz CT molecular complexity index is 605. The molecule has 0 saturated heterocycles. The average molecular weight is 750 g/mol. The molecule has 0 amide bonds. The summed E-state index contributed by atoms with van der Waals surface area (Å²) in [6.07, 6.45) is 56.4. The van der Waals surface area contributed by atoms with E-state index in [0.29, 0.717) is 0 Å². The summed E-state index contributed by atoms with van der Waals surface area (Å²) < 4.78 is 0. The minimum absolute atomic E-state index is 0.252. The van der Waals surface area contributed by atoms with Gasteiger partial charge in [-0.25, -0.2) is 0 Å². The maximum atomic E-state index is 11.0. The lowest BCUT2D eigenvalue weighted by Gasteiger charge is -2.27. The first-order valence-electron chi connectivity index (χ1n) is 25.2. The summed E-state index contributed by atoms with van der Waals surface area (Å²) >= 11 is 0. The molecule has 0 fully saturated rings. The Hall–Kier alpha value is -0.120. The van der Waals surface area contributed by atoms with E-state index in [1.54, 1.807) is 0 Å². The predicted molar refractivity (Wildman–Crippen MR) is 239 cm³/mol. The summed E-state index contributed by atoms with van der Waals surface area (Å²) in [5, 5.41) is 22.0. The van der Waals surface area contributed by atoms with Crippen LogP contribution in [-0.4, -0.2) is 47.0 Å². The van der Waals surface area contributed by atoms with E-state index in [1.165, 1.54) is 244 Å². The molecule has 0 aliphatic heterocycles. The van der Waals surface area contributed by atoms with E-state index < -0.39 is 0 Å². The SMILES string of the molecule is CCCCCCCCCCCCCCCCCCN(CC(O)CCCCCCCCCCCCCC)CC(O)CCCCCCCCCCCCCC. The monoisotopic (exact) mass is 750 g/mol. The van der Waals surface area contributed by atoms with Crippen LogP contribution in [0, 0.1) is 0 Å². The van der Waals surface area contributed by atoms with E-state index in [-0.39, 0.29) is 12.2 Å². The lowest BCUT2D eigenvalue weighted by Crippen LogP contribution is -2.38. The number of aliphatic hydroxyl groups excluding tert-OH is 2. The molecule has 0 heterocycles. The highest BCUT2D eigenvalue weighted by atomic mass is 16.3. The zero-order chi connectivity index (χ0) is 38.6. The number of unbranched alkanes of at least 4 members (excludes halogenated alkanes) is 37. The van der Waals surface area contributed by atoms with Crippen LogP contribution < -0.4 is 0 Å². The van der Waals surface area contributed by atoms with E-state index in [1.807, 2.05) is 0 Å². The second-order valence-electron chi connectivity index (χ2n) is 17.7. The van der Waals surface area contributed by atoms with Crippen molar-refractivity contribution in [2.24, 2.45) is 0 Å². The summed E-state index contributed by atoms with van der Waals surface area (Å²) in [7, 11) is 0. The van der Waals surface area contributed by atoms with E-state index >= 15 is 0 Å². The molecule has 0 bridgehead atoms. The Morgan fingerprint density at radius 3 is 0.679 bits per heavy atom. The van der Waals surface area contributed by atoms with Crippen molar-refractivity contribution in [3.8, 4) is 0 Å². The van der Waals surface area contributed by atoms with Gasteiger partial charge in [-0.3, -0.25) is 4.90 Å². The molecule has 2 unspecified atom stereocenters. The van der Waals surface area contributed by atoms with Crippen LogP contribution in [0.4, 0.5) is 0 Å².